The largest absolute Gasteiger partial charge is 0.465 e. The first-order valence-electron chi connectivity index (χ1n) is 8.84. The van der Waals surface area contributed by atoms with E-state index in [9.17, 15) is 9.59 Å². The van der Waals surface area contributed by atoms with Gasteiger partial charge in [0.1, 0.15) is 11.5 Å². The van der Waals surface area contributed by atoms with Crippen molar-refractivity contribution < 1.29 is 28.2 Å². The molecule has 0 radical (unpaired) electrons. The average molecular weight is 373 g/mol. The molecule has 1 N–H and O–H groups in total. The fourth-order valence-electron chi connectivity index (χ4n) is 3.03. The lowest BCUT2D eigenvalue weighted by Crippen LogP contribution is -2.25. The molecule has 1 atom stereocenters. The van der Waals surface area contributed by atoms with Gasteiger partial charge in [-0.3, -0.25) is 0 Å². The van der Waals surface area contributed by atoms with Crippen LogP contribution in [0.3, 0.4) is 0 Å². The summed E-state index contributed by atoms with van der Waals surface area (Å²) in [5, 5.41) is 3.32. The summed E-state index contributed by atoms with van der Waals surface area (Å²) in [4.78, 5) is 23.8. The highest BCUT2D eigenvalue weighted by Crippen LogP contribution is 2.26. The summed E-state index contributed by atoms with van der Waals surface area (Å²) in [7, 11) is 2.58. The molecule has 3 rings (SSSR count). The topological polar surface area (TPSA) is 87.0 Å². The Labute approximate surface area is 157 Å². The van der Waals surface area contributed by atoms with Crippen molar-refractivity contribution in [2.24, 2.45) is 0 Å². The zero-order chi connectivity index (χ0) is 19.2. The molecular formula is C20H23NO6. The van der Waals surface area contributed by atoms with Crippen LogP contribution in [0.1, 0.15) is 39.3 Å². The Kier molecular flexibility index (Phi) is 6.26. The molecule has 2 heterocycles. The van der Waals surface area contributed by atoms with Crippen LogP contribution in [-0.4, -0.2) is 45.4 Å². The van der Waals surface area contributed by atoms with Gasteiger partial charge >= 0.3 is 11.9 Å². The van der Waals surface area contributed by atoms with E-state index in [2.05, 4.69) is 5.32 Å². The molecular weight excluding hydrogens is 350 g/mol. The summed E-state index contributed by atoms with van der Waals surface area (Å²) in [5.41, 5.74) is 1.11. The van der Waals surface area contributed by atoms with Crippen LogP contribution in [0, 0.1) is 0 Å². The Morgan fingerprint density at radius 2 is 1.81 bits per heavy atom. The fourth-order valence-corrected chi connectivity index (χ4v) is 3.03. The summed E-state index contributed by atoms with van der Waals surface area (Å²) in [6.45, 7) is 2.18. The van der Waals surface area contributed by atoms with Crippen LogP contribution in [0.2, 0.25) is 0 Å². The third kappa shape index (κ3) is 4.75. The molecule has 144 valence electrons. The Morgan fingerprint density at radius 1 is 1.11 bits per heavy atom. The standard InChI is InChI=1S/C20H23NO6/c1-24-19(22)14-8-13(9-15(10-14)20(23)25-2)18-6-5-17(27-18)12-21-11-16-4-3-7-26-16/h5-6,8-10,16,21H,3-4,7,11-12H2,1-2H3/t16-/m1/s1. The number of nitrogens with one attached hydrogen (secondary N) is 1. The van der Waals surface area contributed by atoms with Crippen LogP contribution in [-0.2, 0) is 20.8 Å². The zero-order valence-corrected chi connectivity index (χ0v) is 15.4. The van der Waals surface area contributed by atoms with Gasteiger partial charge in [0.25, 0.3) is 0 Å². The van der Waals surface area contributed by atoms with E-state index < -0.39 is 11.9 Å². The third-order valence-corrected chi connectivity index (χ3v) is 4.42. The second kappa shape index (κ2) is 8.83. The molecule has 2 aromatic rings. The number of esters is 2. The molecule has 0 aliphatic carbocycles. The van der Waals surface area contributed by atoms with E-state index >= 15 is 0 Å². The zero-order valence-electron chi connectivity index (χ0n) is 15.4. The number of rotatable bonds is 7. The van der Waals surface area contributed by atoms with Crippen LogP contribution >= 0.6 is 0 Å². The number of furan rings is 1. The quantitative estimate of drug-likeness (QED) is 0.747. The number of ether oxygens (including phenoxy) is 3. The summed E-state index contributed by atoms with van der Waals surface area (Å²) < 4.78 is 21.0. The molecule has 1 aromatic heterocycles. The van der Waals surface area contributed by atoms with Crippen molar-refractivity contribution in [3.8, 4) is 11.3 Å². The van der Waals surface area contributed by atoms with Crippen molar-refractivity contribution in [1.82, 2.24) is 5.32 Å². The minimum atomic E-state index is -0.535. The smallest absolute Gasteiger partial charge is 0.337 e. The van der Waals surface area contributed by atoms with Crippen molar-refractivity contribution >= 4 is 11.9 Å². The van der Waals surface area contributed by atoms with Gasteiger partial charge in [-0.2, -0.15) is 0 Å². The van der Waals surface area contributed by atoms with Crippen LogP contribution < -0.4 is 5.32 Å². The number of benzene rings is 1. The number of carbonyl (C=O) groups is 2. The lowest BCUT2D eigenvalue weighted by Gasteiger charge is -2.09. The predicted octanol–water partition coefficient (Wildman–Crippen LogP) is 2.79. The Morgan fingerprint density at radius 3 is 2.41 bits per heavy atom. The number of hydrogen-bond donors (Lipinski definition) is 1. The first-order chi connectivity index (χ1) is 13.1. The summed E-state index contributed by atoms with van der Waals surface area (Å²) in [6.07, 6.45) is 2.45. The van der Waals surface area contributed by atoms with Gasteiger partial charge in [-0.05, 0) is 43.2 Å². The molecule has 0 saturated carbocycles. The third-order valence-electron chi connectivity index (χ3n) is 4.42. The highest BCUT2D eigenvalue weighted by molar-refractivity contribution is 5.97. The van der Waals surface area contributed by atoms with Crippen molar-refractivity contribution in [3.63, 3.8) is 0 Å². The van der Waals surface area contributed by atoms with Gasteiger partial charge in [0.2, 0.25) is 0 Å². The molecule has 0 bridgehead atoms. The van der Waals surface area contributed by atoms with Gasteiger partial charge in [-0.15, -0.1) is 0 Å². The Balaban J connectivity index is 1.75. The molecule has 0 unspecified atom stereocenters. The van der Waals surface area contributed by atoms with E-state index in [-0.39, 0.29) is 17.2 Å². The SMILES string of the molecule is COC(=O)c1cc(C(=O)OC)cc(-c2ccc(CNC[C@H]3CCCO3)o2)c1. The molecule has 0 amide bonds. The van der Waals surface area contributed by atoms with E-state index in [1.807, 2.05) is 6.07 Å². The van der Waals surface area contributed by atoms with Gasteiger partial charge < -0.3 is 23.9 Å². The maximum atomic E-state index is 11.9. The molecule has 27 heavy (non-hydrogen) atoms. The minimum absolute atomic E-state index is 0.254. The highest BCUT2D eigenvalue weighted by Gasteiger charge is 2.17. The summed E-state index contributed by atoms with van der Waals surface area (Å²) >= 11 is 0. The molecule has 1 aliphatic rings. The number of methoxy groups -OCH3 is 2. The molecule has 1 fully saturated rings. The van der Waals surface area contributed by atoms with Crippen LogP contribution in [0.25, 0.3) is 11.3 Å². The molecule has 1 saturated heterocycles. The average Bonchev–Trinajstić information content (AvgIpc) is 3.38. The first-order valence-corrected chi connectivity index (χ1v) is 8.84. The maximum Gasteiger partial charge on any atom is 0.337 e. The van der Waals surface area contributed by atoms with Crippen LogP contribution in [0.15, 0.2) is 34.7 Å². The fraction of sp³-hybridized carbons (Fsp3) is 0.400. The second-order valence-corrected chi connectivity index (χ2v) is 6.31. The van der Waals surface area contributed by atoms with Crippen LogP contribution in [0.4, 0.5) is 0 Å². The van der Waals surface area contributed by atoms with E-state index in [1.165, 1.54) is 20.3 Å². The Bertz CT molecular complexity index is 772. The van der Waals surface area contributed by atoms with Gasteiger partial charge in [0, 0.05) is 18.7 Å². The van der Waals surface area contributed by atoms with Crippen molar-refractivity contribution in [2.45, 2.75) is 25.5 Å². The monoisotopic (exact) mass is 373 g/mol. The van der Waals surface area contributed by atoms with Crippen molar-refractivity contribution in [2.75, 3.05) is 27.4 Å². The molecule has 7 heteroatoms. The van der Waals surface area contributed by atoms with Crippen molar-refractivity contribution in [3.05, 3.63) is 47.2 Å². The first kappa shape index (κ1) is 19.1. The lowest BCUT2D eigenvalue weighted by molar-refractivity contribution is 0.0599. The minimum Gasteiger partial charge on any atom is -0.465 e. The predicted molar refractivity (Wildman–Crippen MR) is 97.5 cm³/mol. The summed E-state index contributed by atoms with van der Waals surface area (Å²) in [6, 6.07) is 8.36. The lowest BCUT2D eigenvalue weighted by atomic mass is 10.0. The van der Waals surface area contributed by atoms with Crippen LogP contribution in [0.5, 0.6) is 0 Å². The number of hydrogen-bond acceptors (Lipinski definition) is 7. The van der Waals surface area contributed by atoms with Gasteiger partial charge in [-0.25, -0.2) is 9.59 Å². The normalized spacial score (nSPS) is 16.3. The van der Waals surface area contributed by atoms with Gasteiger partial charge in [0.15, 0.2) is 0 Å². The van der Waals surface area contributed by atoms with E-state index in [0.29, 0.717) is 17.9 Å². The van der Waals surface area contributed by atoms with E-state index in [0.717, 1.165) is 31.8 Å². The van der Waals surface area contributed by atoms with Gasteiger partial charge in [-0.1, -0.05) is 0 Å². The second-order valence-electron chi connectivity index (χ2n) is 6.31. The highest BCUT2D eigenvalue weighted by atomic mass is 16.5. The molecule has 7 nitrogen and oxygen atoms in total. The molecule has 1 aliphatic heterocycles. The maximum absolute atomic E-state index is 11.9. The van der Waals surface area contributed by atoms with Gasteiger partial charge in [0.05, 0.1) is 38.0 Å². The molecule has 1 aromatic carbocycles. The molecule has 0 spiro atoms. The Hall–Kier alpha value is -2.64. The summed E-state index contributed by atoms with van der Waals surface area (Å²) in [5.74, 6) is 0.241. The van der Waals surface area contributed by atoms with Crippen molar-refractivity contribution in [1.29, 1.82) is 0 Å². The number of carbonyl (C=O) groups excluding carboxylic acids is 2. The van der Waals surface area contributed by atoms with E-state index in [1.54, 1.807) is 18.2 Å². The van der Waals surface area contributed by atoms with E-state index in [4.69, 9.17) is 18.6 Å².